The maximum absolute atomic E-state index is 11.5. The van der Waals surface area contributed by atoms with E-state index in [1.54, 1.807) is 18.3 Å². The molecule has 0 aromatic carbocycles. The number of carbonyl (C=O) groups excluding carboxylic acids is 1. The SMILES string of the molecule is CSCCCCNC(=O)Cc1ccc(N)cn1. The molecule has 1 aromatic heterocycles. The Morgan fingerprint density at radius 3 is 2.94 bits per heavy atom. The van der Waals surface area contributed by atoms with Gasteiger partial charge >= 0.3 is 0 Å². The van der Waals surface area contributed by atoms with Crippen molar-refractivity contribution in [2.75, 3.05) is 24.3 Å². The van der Waals surface area contributed by atoms with Crippen LogP contribution >= 0.6 is 11.8 Å². The molecule has 17 heavy (non-hydrogen) atoms. The molecule has 4 nitrogen and oxygen atoms in total. The van der Waals surface area contributed by atoms with Crippen molar-refractivity contribution in [3.05, 3.63) is 24.0 Å². The molecule has 0 saturated heterocycles. The van der Waals surface area contributed by atoms with Gasteiger partial charge in [-0.25, -0.2) is 0 Å². The molecule has 1 rings (SSSR count). The van der Waals surface area contributed by atoms with E-state index >= 15 is 0 Å². The zero-order chi connectivity index (χ0) is 12.5. The van der Waals surface area contributed by atoms with Gasteiger partial charge in [-0.2, -0.15) is 11.8 Å². The lowest BCUT2D eigenvalue weighted by atomic mass is 10.2. The summed E-state index contributed by atoms with van der Waals surface area (Å²) in [6.45, 7) is 0.744. The fourth-order valence-electron chi connectivity index (χ4n) is 1.37. The van der Waals surface area contributed by atoms with Gasteiger partial charge in [-0.05, 0) is 37.0 Å². The highest BCUT2D eigenvalue weighted by atomic mass is 32.2. The van der Waals surface area contributed by atoms with Crippen molar-refractivity contribution in [1.29, 1.82) is 0 Å². The fraction of sp³-hybridized carbons (Fsp3) is 0.500. The molecule has 1 aromatic rings. The van der Waals surface area contributed by atoms with Crippen molar-refractivity contribution in [2.24, 2.45) is 0 Å². The topological polar surface area (TPSA) is 68.0 Å². The molecular formula is C12H19N3OS. The Morgan fingerprint density at radius 2 is 2.29 bits per heavy atom. The third-order valence-electron chi connectivity index (χ3n) is 2.29. The summed E-state index contributed by atoms with van der Waals surface area (Å²) < 4.78 is 0. The van der Waals surface area contributed by atoms with Gasteiger partial charge in [-0.15, -0.1) is 0 Å². The number of nitrogens with two attached hydrogens (primary N) is 1. The van der Waals surface area contributed by atoms with Gasteiger partial charge < -0.3 is 11.1 Å². The van der Waals surface area contributed by atoms with Crippen LogP contribution in [0.4, 0.5) is 5.69 Å². The highest BCUT2D eigenvalue weighted by Crippen LogP contribution is 2.02. The van der Waals surface area contributed by atoms with Gasteiger partial charge in [0.1, 0.15) is 0 Å². The summed E-state index contributed by atoms with van der Waals surface area (Å²) in [6, 6.07) is 3.54. The number of amides is 1. The summed E-state index contributed by atoms with van der Waals surface area (Å²) in [6.07, 6.45) is 6.15. The molecule has 1 heterocycles. The minimum atomic E-state index is 0.0198. The van der Waals surface area contributed by atoms with Crippen LogP contribution in [-0.4, -0.2) is 29.4 Å². The zero-order valence-corrected chi connectivity index (χ0v) is 10.9. The van der Waals surface area contributed by atoms with Gasteiger partial charge in [0.05, 0.1) is 18.3 Å². The summed E-state index contributed by atoms with van der Waals surface area (Å²) >= 11 is 1.83. The van der Waals surface area contributed by atoms with Gasteiger partial charge in [0.15, 0.2) is 0 Å². The number of carbonyl (C=O) groups is 1. The number of pyridine rings is 1. The van der Waals surface area contributed by atoms with E-state index < -0.39 is 0 Å². The van der Waals surface area contributed by atoms with E-state index in [0.717, 1.165) is 30.8 Å². The summed E-state index contributed by atoms with van der Waals surface area (Å²) in [5.74, 6) is 1.17. The lowest BCUT2D eigenvalue weighted by Gasteiger charge is -2.04. The van der Waals surface area contributed by atoms with Gasteiger partial charge in [-0.1, -0.05) is 0 Å². The van der Waals surface area contributed by atoms with Crippen LogP contribution in [0.5, 0.6) is 0 Å². The van der Waals surface area contributed by atoms with Crippen LogP contribution in [0.15, 0.2) is 18.3 Å². The van der Waals surface area contributed by atoms with Crippen LogP contribution in [0.3, 0.4) is 0 Å². The van der Waals surface area contributed by atoms with Crippen LogP contribution in [0.1, 0.15) is 18.5 Å². The number of hydrogen-bond donors (Lipinski definition) is 2. The van der Waals surface area contributed by atoms with Crippen molar-refractivity contribution in [1.82, 2.24) is 10.3 Å². The van der Waals surface area contributed by atoms with Crippen molar-refractivity contribution in [3.63, 3.8) is 0 Å². The quantitative estimate of drug-likeness (QED) is 0.722. The van der Waals surface area contributed by atoms with Crippen LogP contribution in [0.25, 0.3) is 0 Å². The van der Waals surface area contributed by atoms with E-state index in [1.165, 1.54) is 0 Å². The first-order valence-corrected chi connectivity index (χ1v) is 7.08. The Hall–Kier alpha value is -1.23. The minimum Gasteiger partial charge on any atom is -0.397 e. The van der Waals surface area contributed by atoms with E-state index in [2.05, 4.69) is 16.6 Å². The Balaban J connectivity index is 2.18. The van der Waals surface area contributed by atoms with Gasteiger partial charge in [-0.3, -0.25) is 9.78 Å². The van der Waals surface area contributed by atoms with Gasteiger partial charge in [0, 0.05) is 12.2 Å². The second-order valence-corrected chi connectivity index (χ2v) is 4.80. The first-order valence-electron chi connectivity index (χ1n) is 5.68. The Morgan fingerprint density at radius 1 is 1.47 bits per heavy atom. The first-order chi connectivity index (χ1) is 8.22. The first kappa shape index (κ1) is 13.8. The largest absolute Gasteiger partial charge is 0.397 e. The Labute approximate surface area is 106 Å². The molecule has 0 aliphatic heterocycles. The predicted molar refractivity (Wildman–Crippen MR) is 73.0 cm³/mol. The maximum atomic E-state index is 11.5. The molecule has 94 valence electrons. The van der Waals surface area contributed by atoms with Crippen LogP contribution in [0.2, 0.25) is 0 Å². The molecule has 0 spiro atoms. The molecule has 5 heteroatoms. The van der Waals surface area contributed by atoms with Crippen LogP contribution < -0.4 is 11.1 Å². The number of nitrogen functional groups attached to an aromatic ring is 1. The monoisotopic (exact) mass is 253 g/mol. The summed E-state index contributed by atoms with van der Waals surface area (Å²) in [4.78, 5) is 15.6. The highest BCUT2D eigenvalue weighted by Gasteiger charge is 2.03. The van der Waals surface area contributed by atoms with Crippen molar-refractivity contribution in [3.8, 4) is 0 Å². The molecule has 0 radical (unpaired) electrons. The lowest BCUT2D eigenvalue weighted by Crippen LogP contribution is -2.26. The molecular weight excluding hydrogens is 234 g/mol. The number of nitrogens with zero attached hydrogens (tertiary/aromatic N) is 1. The number of nitrogens with one attached hydrogen (secondary N) is 1. The molecule has 0 aliphatic carbocycles. The summed E-state index contributed by atoms with van der Waals surface area (Å²) in [5, 5.41) is 2.89. The maximum Gasteiger partial charge on any atom is 0.226 e. The lowest BCUT2D eigenvalue weighted by molar-refractivity contribution is -0.120. The van der Waals surface area contributed by atoms with E-state index in [4.69, 9.17) is 5.73 Å². The van der Waals surface area contributed by atoms with Gasteiger partial charge in [0.25, 0.3) is 0 Å². The van der Waals surface area contributed by atoms with Gasteiger partial charge in [0.2, 0.25) is 5.91 Å². The zero-order valence-electron chi connectivity index (χ0n) is 10.1. The van der Waals surface area contributed by atoms with Crippen molar-refractivity contribution < 1.29 is 4.79 Å². The van der Waals surface area contributed by atoms with Crippen LogP contribution in [0, 0.1) is 0 Å². The smallest absolute Gasteiger partial charge is 0.226 e. The number of aromatic nitrogens is 1. The third kappa shape index (κ3) is 6.16. The number of rotatable bonds is 7. The van der Waals surface area contributed by atoms with E-state index in [-0.39, 0.29) is 5.91 Å². The molecule has 0 saturated carbocycles. The normalized spacial score (nSPS) is 10.2. The molecule has 3 N–H and O–H groups in total. The Bertz CT molecular complexity index is 340. The highest BCUT2D eigenvalue weighted by molar-refractivity contribution is 7.98. The van der Waals surface area contributed by atoms with Crippen molar-refractivity contribution >= 4 is 23.4 Å². The average Bonchev–Trinajstić information content (AvgIpc) is 2.32. The standard InChI is InChI=1S/C12H19N3OS/c1-17-7-3-2-6-14-12(16)8-11-5-4-10(13)9-15-11/h4-5,9H,2-3,6-8,13H2,1H3,(H,14,16). The average molecular weight is 253 g/mol. The number of anilines is 1. The molecule has 1 amide bonds. The molecule has 0 unspecified atom stereocenters. The Kier molecular flexibility index (Phi) is 6.47. The number of hydrogen-bond acceptors (Lipinski definition) is 4. The minimum absolute atomic E-state index is 0.0198. The fourth-order valence-corrected chi connectivity index (χ4v) is 1.86. The molecule has 0 aliphatic rings. The molecule has 0 bridgehead atoms. The van der Waals surface area contributed by atoms with Crippen molar-refractivity contribution in [2.45, 2.75) is 19.3 Å². The second kappa shape index (κ2) is 7.95. The summed E-state index contributed by atoms with van der Waals surface area (Å²) in [5.41, 5.74) is 6.89. The van der Waals surface area contributed by atoms with E-state index in [1.807, 2.05) is 11.8 Å². The van der Waals surface area contributed by atoms with Crippen LogP contribution in [-0.2, 0) is 11.2 Å². The number of thioether (sulfide) groups is 1. The van der Waals surface area contributed by atoms with E-state index in [9.17, 15) is 4.79 Å². The number of unbranched alkanes of at least 4 members (excludes halogenated alkanes) is 1. The second-order valence-electron chi connectivity index (χ2n) is 3.81. The third-order valence-corrected chi connectivity index (χ3v) is 2.98. The molecule has 0 fully saturated rings. The summed E-state index contributed by atoms with van der Waals surface area (Å²) in [7, 11) is 0. The molecule has 0 atom stereocenters. The van der Waals surface area contributed by atoms with E-state index in [0.29, 0.717) is 12.1 Å². The predicted octanol–water partition coefficient (Wildman–Crippen LogP) is 1.47.